The molecule has 112 valence electrons. The van der Waals surface area contributed by atoms with Crippen molar-refractivity contribution in [2.75, 3.05) is 33.3 Å². The average molecular weight is 289 g/mol. The molecule has 1 N–H and O–H groups in total. The smallest absolute Gasteiger partial charge is 0.124 e. The van der Waals surface area contributed by atoms with E-state index in [0.717, 1.165) is 36.1 Å². The van der Waals surface area contributed by atoms with Gasteiger partial charge in [-0.2, -0.15) is 0 Å². The summed E-state index contributed by atoms with van der Waals surface area (Å²) in [5.41, 5.74) is 1.83. The minimum absolute atomic E-state index is 0.191. The topological polar surface area (TPSA) is 37.4 Å². The fraction of sp³-hybridized carbons (Fsp3) is 0.438. The number of nitrogens with zero attached hydrogens (tertiary/aromatic N) is 2. The first-order valence-corrected chi connectivity index (χ1v) is 7.28. The molecule has 1 aliphatic rings. The number of rotatable bonds is 4. The van der Waals surface area contributed by atoms with E-state index < -0.39 is 0 Å². The molecule has 1 aromatic heterocycles. The monoisotopic (exact) mass is 289 g/mol. The number of hydrogen-bond acceptors (Lipinski definition) is 4. The molecule has 21 heavy (non-hydrogen) atoms. The molecule has 2 aromatic rings. The summed E-state index contributed by atoms with van der Waals surface area (Å²) in [6, 6.07) is 6.87. The third-order valence-corrected chi connectivity index (χ3v) is 3.80. The molecule has 1 aromatic carbocycles. The van der Waals surface area contributed by atoms with E-state index in [9.17, 15) is 4.39 Å². The predicted molar refractivity (Wildman–Crippen MR) is 80.6 cm³/mol. The predicted octanol–water partition coefficient (Wildman–Crippen LogP) is 1.79. The van der Waals surface area contributed by atoms with Crippen LogP contribution in [-0.2, 0) is 11.3 Å². The first-order valence-electron chi connectivity index (χ1n) is 7.28. The number of benzene rings is 1. The maximum atomic E-state index is 13.8. The van der Waals surface area contributed by atoms with Crippen molar-refractivity contribution in [3.05, 3.63) is 41.8 Å². The summed E-state index contributed by atoms with van der Waals surface area (Å²) >= 11 is 0. The lowest BCUT2D eigenvalue weighted by Crippen LogP contribution is -2.45. The molecule has 1 aliphatic heterocycles. The molecule has 1 atom stereocenters. The first-order chi connectivity index (χ1) is 10.3. The van der Waals surface area contributed by atoms with Gasteiger partial charge in [-0.05, 0) is 30.8 Å². The highest BCUT2D eigenvalue weighted by molar-refractivity contribution is 5.81. The number of halogens is 1. The van der Waals surface area contributed by atoms with Crippen LogP contribution in [0.5, 0.6) is 0 Å². The number of likely N-dealkylation sites (N-methyl/N-ethyl adjacent to an activating group) is 1. The zero-order chi connectivity index (χ0) is 14.7. The van der Waals surface area contributed by atoms with Gasteiger partial charge in [-0.3, -0.25) is 9.88 Å². The van der Waals surface area contributed by atoms with E-state index in [2.05, 4.69) is 15.2 Å². The zero-order valence-electron chi connectivity index (χ0n) is 12.2. The second kappa shape index (κ2) is 6.47. The standard InChI is InChI=1S/C16H20FN3O/c1-18-9-15-11-20(5-6-21-15)10-13-8-14(17)7-12-3-2-4-19-16(12)13/h2-4,7-8,15,18H,5-6,9-11H2,1H3. The highest BCUT2D eigenvalue weighted by Crippen LogP contribution is 2.20. The minimum Gasteiger partial charge on any atom is -0.374 e. The lowest BCUT2D eigenvalue weighted by molar-refractivity contribution is -0.0290. The number of pyridine rings is 1. The number of ether oxygens (including phenoxy) is 1. The lowest BCUT2D eigenvalue weighted by atomic mass is 10.1. The van der Waals surface area contributed by atoms with Gasteiger partial charge in [-0.15, -0.1) is 0 Å². The van der Waals surface area contributed by atoms with Crippen LogP contribution in [0.1, 0.15) is 5.56 Å². The van der Waals surface area contributed by atoms with E-state index in [1.807, 2.05) is 19.2 Å². The van der Waals surface area contributed by atoms with Crippen LogP contribution >= 0.6 is 0 Å². The molecule has 4 nitrogen and oxygen atoms in total. The van der Waals surface area contributed by atoms with Gasteiger partial charge in [0.1, 0.15) is 5.82 Å². The van der Waals surface area contributed by atoms with Crippen LogP contribution in [0.2, 0.25) is 0 Å². The second-order valence-electron chi connectivity index (χ2n) is 5.43. The molecule has 5 heteroatoms. The summed E-state index contributed by atoms with van der Waals surface area (Å²) in [6.45, 7) is 3.97. The Labute approximate surface area is 123 Å². The third kappa shape index (κ3) is 3.37. The van der Waals surface area contributed by atoms with Crippen molar-refractivity contribution < 1.29 is 9.13 Å². The number of hydrogen-bond donors (Lipinski definition) is 1. The average Bonchev–Trinajstić information content (AvgIpc) is 2.48. The largest absolute Gasteiger partial charge is 0.374 e. The van der Waals surface area contributed by atoms with E-state index in [0.29, 0.717) is 13.2 Å². The Bertz CT molecular complexity index is 617. The van der Waals surface area contributed by atoms with Crippen LogP contribution in [0, 0.1) is 5.82 Å². The zero-order valence-corrected chi connectivity index (χ0v) is 12.2. The molecular formula is C16H20FN3O. The van der Waals surface area contributed by atoms with Crippen molar-refractivity contribution in [1.82, 2.24) is 15.2 Å². The maximum absolute atomic E-state index is 13.8. The quantitative estimate of drug-likeness (QED) is 0.931. The van der Waals surface area contributed by atoms with Crippen molar-refractivity contribution in [3.63, 3.8) is 0 Å². The molecular weight excluding hydrogens is 269 g/mol. The first kappa shape index (κ1) is 14.4. The second-order valence-corrected chi connectivity index (χ2v) is 5.43. The van der Waals surface area contributed by atoms with Gasteiger partial charge in [0.05, 0.1) is 18.2 Å². The van der Waals surface area contributed by atoms with Gasteiger partial charge in [0, 0.05) is 37.8 Å². The summed E-state index contributed by atoms with van der Waals surface area (Å²) in [6.07, 6.45) is 1.95. The van der Waals surface area contributed by atoms with Gasteiger partial charge in [-0.25, -0.2) is 4.39 Å². The number of fused-ring (bicyclic) bond motifs is 1. The molecule has 0 amide bonds. The van der Waals surface area contributed by atoms with Crippen LogP contribution < -0.4 is 5.32 Å². The molecule has 0 spiro atoms. The molecule has 0 radical (unpaired) electrons. The third-order valence-electron chi connectivity index (χ3n) is 3.80. The highest BCUT2D eigenvalue weighted by Gasteiger charge is 2.20. The van der Waals surface area contributed by atoms with Gasteiger partial charge < -0.3 is 10.1 Å². The summed E-state index contributed by atoms with van der Waals surface area (Å²) in [5.74, 6) is -0.203. The van der Waals surface area contributed by atoms with Crippen LogP contribution in [0.3, 0.4) is 0 Å². The van der Waals surface area contributed by atoms with Gasteiger partial charge in [0.15, 0.2) is 0 Å². The Balaban J connectivity index is 1.81. The summed E-state index contributed by atoms with van der Waals surface area (Å²) < 4.78 is 19.5. The van der Waals surface area contributed by atoms with Gasteiger partial charge in [-0.1, -0.05) is 6.07 Å². The van der Waals surface area contributed by atoms with Gasteiger partial charge in [0.2, 0.25) is 0 Å². The Kier molecular flexibility index (Phi) is 4.43. The summed E-state index contributed by atoms with van der Waals surface area (Å²) in [7, 11) is 1.92. The van der Waals surface area contributed by atoms with Crippen LogP contribution in [-0.4, -0.2) is 49.3 Å². The maximum Gasteiger partial charge on any atom is 0.124 e. The van der Waals surface area contributed by atoms with Gasteiger partial charge >= 0.3 is 0 Å². The van der Waals surface area contributed by atoms with E-state index in [1.165, 1.54) is 6.07 Å². The number of aromatic nitrogens is 1. The van der Waals surface area contributed by atoms with Crippen molar-refractivity contribution >= 4 is 10.9 Å². The molecule has 0 aliphatic carbocycles. The van der Waals surface area contributed by atoms with E-state index in [4.69, 9.17) is 4.74 Å². The Morgan fingerprint density at radius 1 is 1.48 bits per heavy atom. The van der Waals surface area contributed by atoms with Crippen LogP contribution in [0.25, 0.3) is 10.9 Å². The van der Waals surface area contributed by atoms with Crippen molar-refractivity contribution in [2.45, 2.75) is 12.6 Å². The summed E-state index contributed by atoms with van der Waals surface area (Å²) in [5, 5.41) is 3.99. The van der Waals surface area contributed by atoms with E-state index in [1.54, 1.807) is 12.3 Å². The lowest BCUT2D eigenvalue weighted by Gasteiger charge is -2.33. The molecule has 2 heterocycles. The fourth-order valence-electron chi connectivity index (χ4n) is 2.86. The Hall–Kier alpha value is -1.56. The van der Waals surface area contributed by atoms with Gasteiger partial charge in [0.25, 0.3) is 0 Å². The molecule has 0 saturated carbocycles. The van der Waals surface area contributed by atoms with Crippen LogP contribution in [0.4, 0.5) is 4.39 Å². The van der Waals surface area contributed by atoms with E-state index >= 15 is 0 Å². The molecule has 0 bridgehead atoms. The van der Waals surface area contributed by atoms with Crippen molar-refractivity contribution in [3.8, 4) is 0 Å². The molecule has 1 fully saturated rings. The normalized spacial score (nSPS) is 20.0. The SMILES string of the molecule is CNCC1CN(Cc2cc(F)cc3cccnc23)CCO1. The Morgan fingerprint density at radius 2 is 2.38 bits per heavy atom. The van der Waals surface area contributed by atoms with Crippen molar-refractivity contribution in [1.29, 1.82) is 0 Å². The van der Waals surface area contributed by atoms with Crippen molar-refractivity contribution in [2.24, 2.45) is 0 Å². The summed E-state index contributed by atoms with van der Waals surface area (Å²) in [4.78, 5) is 6.71. The molecule has 1 saturated heterocycles. The molecule has 3 rings (SSSR count). The molecule has 1 unspecified atom stereocenters. The number of morpholine rings is 1. The number of nitrogens with one attached hydrogen (secondary N) is 1. The highest BCUT2D eigenvalue weighted by atomic mass is 19.1. The fourth-order valence-corrected chi connectivity index (χ4v) is 2.86. The Morgan fingerprint density at radius 3 is 3.24 bits per heavy atom. The van der Waals surface area contributed by atoms with E-state index in [-0.39, 0.29) is 11.9 Å². The van der Waals surface area contributed by atoms with Crippen LogP contribution in [0.15, 0.2) is 30.5 Å². The minimum atomic E-state index is -0.203.